The van der Waals surface area contributed by atoms with Gasteiger partial charge in [-0.2, -0.15) is 0 Å². The summed E-state index contributed by atoms with van der Waals surface area (Å²) in [4.78, 5) is 12.9. The van der Waals surface area contributed by atoms with Gasteiger partial charge in [-0.1, -0.05) is 152 Å². The highest BCUT2D eigenvalue weighted by atomic mass is 16.5. The van der Waals surface area contributed by atoms with E-state index < -0.39 is 0 Å². The molecule has 1 aliphatic heterocycles. The van der Waals surface area contributed by atoms with Crippen LogP contribution in [0.3, 0.4) is 0 Å². The van der Waals surface area contributed by atoms with Crippen molar-refractivity contribution < 1.29 is 4.74 Å². The van der Waals surface area contributed by atoms with E-state index in [1.165, 1.54) is 32.3 Å². The topological polar surface area (TPSA) is 43.2 Å². The first-order valence-electron chi connectivity index (χ1n) is 21.3. The lowest BCUT2D eigenvalue weighted by Crippen LogP contribution is -2.15. The molecule has 294 valence electrons. The summed E-state index contributed by atoms with van der Waals surface area (Å²) in [5.74, 6) is 2.32. The fourth-order valence-corrected chi connectivity index (χ4v) is 9.75. The minimum absolute atomic E-state index is 0.686. The Morgan fingerprint density at radius 1 is 0.381 bits per heavy atom. The van der Waals surface area contributed by atoms with Gasteiger partial charge in [-0.25, -0.2) is 9.97 Å². The van der Waals surface area contributed by atoms with E-state index >= 15 is 0 Å². The molecule has 1 aliphatic rings. The summed E-state index contributed by atoms with van der Waals surface area (Å²) < 4.78 is 9.12. The predicted octanol–water partition coefficient (Wildman–Crippen LogP) is 15.6. The molecule has 0 aliphatic carbocycles. The van der Waals surface area contributed by atoms with Crippen molar-refractivity contribution in [1.29, 1.82) is 0 Å². The number of rotatable bonds is 5. The molecule has 2 aromatic heterocycles. The smallest absolute Gasteiger partial charge is 0.160 e. The van der Waals surface area contributed by atoms with Gasteiger partial charge in [0.1, 0.15) is 0 Å². The average Bonchev–Trinajstić information content (AvgIpc) is 3.70. The maximum absolute atomic E-state index is 6.72. The van der Waals surface area contributed by atoms with E-state index in [-0.39, 0.29) is 0 Å². The Kier molecular flexibility index (Phi) is 7.84. The molecule has 12 aromatic rings. The Hall–Kier alpha value is -8.54. The Balaban J connectivity index is 1.01. The molecule has 0 spiro atoms. The molecular formula is C58H36N4O. The van der Waals surface area contributed by atoms with E-state index in [0.717, 1.165) is 84.1 Å². The van der Waals surface area contributed by atoms with Crippen LogP contribution in [0.25, 0.3) is 93.7 Å². The van der Waals surface area contributed by atoms with Crippen LogP contribution in [-0.4, -0.2) is 14.5 Å². The maximum atomic E-state index is 6.72. The Labute approximate surface area is 363 Å². The van der Waals surface area contributed by atoms with Crippen LogP contribution < -0.4 is 9.64 Å². The van der Waals surface area contributed by atoms with Crippen molar-refractivity contribution in [3.8, 4) is 51.0 Å². The molecule has 10 aromatic carbocycles. The average molecular weight is 805 g/mol. The van der Waals surface area contributed by atoms with Crippen LogP contribution >= 0.6 is 0 Å². The third-order valence-electron chi connectivity index (χ3n) is 12.5. The molecule has 0 bridgehead atoms. The minimum atomic E-state index is 0.686. The second-order valence-corrected chi connectivity index (χ2v) is 16.1. The van der Waals surface area contributed by atoms with E-state index in [0.29, 0.717) is 5.82 Å². The molecule has 0 fully saturated rings. The lowest BCUT2D eigenvalue weighted by Gasteiger charge is -2.33. The summed E-state index contributed by atoms with van der Waals surface area (Å²) >= 11 is 0. The molecule has 0 N–H and O–H groups in total. The Morgan fingerprint density at radius 2 is 1.05 bits per heavy atom. The van der Waals surface area contributed by atoms with Crippen LogP contribution in [0.5, 0.6) is 11.5 Å². The van der Waals surface area contributed by atoms with Crippen molar-refractivity contribution in [3.05, 3.63) is 218 Å². The number of aromatic nitrogens is 3. The predicted molar refractivity (Wildman–Crippen MR) is 260 cm³/mol. The lowest BCUT2D eigenvalue weighted by atomic mass is 9.96. The lowest BCUT2D eigenvalue weighted by molar-refractivity contribution is 0.477. The SMILES string of the molecule is c1ccc(N2c3ccccc3Oc3cc(-c4cccc5c4c4c6ccccc6ccc4n5-c4cccc(-c5nc(-c6cccc7ccccc67)c6ccccc6n5)c4)ccc32)cc1. The second-order valence-electron chi connectivity index (χ2n) is 16.1. The summed E-state index contributed by atoms with van der Waals surface area (Å²) in [6.07, 6.45) is 0. The molecule has 63 heavy (non-hydrogen) atoms. The van der Waals surface area contributed by atoms with Crippen molar-refractivity contribution in [2.24, 2.45) is 0 Å². The van der Waals surface area contributed by atoms with Crippen molar-refractivity contribution in [1.82, 2.24) is 14.5 Å². The maximum Gasteiger partial charge on any atom is 0.160 e. The summed E-state index contributed by atoms with van der Waals surface area (Å²) in [6, 6.07) is 77.2. The van der Waals surface area contributed by atoms with Gasteiger partial charge in [-0.3, -0.25) is 0 Å². The van der Waals surface area contributed by atoms with Crippen LogP contribution in [0, 0.1) is 0 Å². The third kappa shape index (κ3) is 5.57. The van der Waals surface area contributed by atoms with E-state index in [1.54, 1.807) is 0 Å². The summed E-state index contributed by atoms with van der Waals surface area (Å²) in [5, 5.41) is 8.17. The first-order valence-corrected chi connectivity index (χ1v) is 21.3. The van der Waals surface area contributed by atoms with Crippen molar-refractivity contribution in [2.45, 2.75) is 0 Å². The van der Waals surface area contributed by atoms with Crippen LogP contribution in [0.4, 0.5) is 17.1 Å². The number of benzene rings is 10. The van der Waals surface area contributed by atoms with Gasteiger partial charge in [-0.15, -0.1) is 0 Å². The molecule has 0 unspecified atom stereocenters. The van der Waals surface area contributed by atoms with Gasteiger partial charge in [0.2, 0.25) is 0 Å². The van der Waals surface area contributed by atoms with Crippen molar-refractivity contribution in [3.63, 3.8) is 0 Å². The summed E-state index contributed by atoms with van der Waals surface area (Å²) in [7, 11) is 0. The van der Waals surface area contributed by atoms with Crippen LogP contribution in [0.15, 0.2) is 218 Å². The number of anilines is 3. The number of hydrogen-bond acceptors (Lipinski definition) is 4. The molecule has 0 atom stereocenters. The molecule has 5 nitrogen and oxygen atoms in total. The van der Waals surface area contributed by atoms with Gasteiger partial charge >= 0.3 is 0 Å². The first-order chi connectivity index (χ1) is 31.2. The van der Waals surface area contributed by atoms with Gasteiger partial charge in [-0.05, 0) is 99.4 Å². The van der Waals surface area contributed by atoms with E-state index in [1.807, 2.05) is 12.1 Å². The van der Waals surface area contributed by atoms with Gasteiger partial charge in [0.15, 0.2) is 17.3 Å². The fourth-order valence-electron chi connectivity index (χ4n) is 9.75. The molecule has 0 radical (unpaired) electrons. The Morgan fingerprint density at radius 3 is 1.95 bits per heavy atom. The van der Waals surface area contributed by atoms with Crippen LogP contribution in [-0.2, 0) is 0 Å². The van der Waals surface area contributed by atoms with Gasteiger partial charge in [0, 0.05) is 38.7 Å². The fraction of sp³-hybridized carbons (Fsp3) is 0. The number of hydrogen-bond donors (Lipinski definition) is 0. The number of nitrogens with zero attached hydrogens (tertiary/aromatic N) is 4. The molecule has 3 heterocycles. The van der Waals surface area contributed by atoms with Crippen LogP contribution in [0.2, 0.25) is 0 Å². The van der Waals surface area contributed by atoms with Crippen LogP contribution in [0.1, 0.15) is 0 Å². The van der Waals surface area contributed by atoms with Crippen molar-refractivity contribution in [2.75, 3.05) is 4.90 Å². The standard InChI is InChI=1S/C58H36N4O/c1-2-19-41(20-3-1)61-49-28-10-11-30-53(49)63-54-36-39(32-33-50(54)61)45-25-14-29-51-56(45)55-44-23-7-5-16-38(44)31-34-52(55)62(51)42-21-12-18-40(35-42)58-59-48-27-9-8-24-47(48)57(60-58)46-26-13-17-37-15-4-6-22-43(37)46/h1-36H. The van der Waals surface area contributed by atoms with Crippen molar-refractivity contribution >= 4 is 71.3 Å². The first kappa shape index (κ1) is 35.2. The zero-order valence-electron chi connectivity index (χ0n) is 34.0. The largest absolute Gasteiger partial charge is 0.453 e. The molecule has 0 amide bonds. The van der Waals surface area contributed by atoms with Gasteiger partial charge in [0.25, 0.3) is 0 Å². The van der Waals surface area contributed by atoms with E-state index in [9.17, 15) is 0 Å². The minimum Gasteiger partial charge on any atom is -0.453 e. The number of ether oxygens (including phenoxy) is 1. The molecule has 13 rings (SSSR count). The molecule has 5 heteroatoms. The van der Waals surface area contributed by atoms with Gasteiger partial charge in [0.05, 0.1) is 33.6 Å². The molecule has 0 saturated heterocycles. The summed E-state index contributed by atoms with van der Waals surface area (Å²) in [6.45, 7) is 0. The Bertz CT molecular complexity index is 3790. The summed E-state index contributed by atoms with van der Waals surface area (Å²) in [5.41, 5.74) is 12.5. The molecule has 0 saturated carbocycles. The third-order valence-corrected chi connectivity index (χ3v) is 12.5. The highest BCUT2D eigenvalue weighted by molar-refractivity contribution is 6.25. The zero-order chi connectivity index (χ0) is 41.4. The highest BCUT2D eigenvalue weighted by Gasteiger charge is 2.27. The highest BCUT2D eigenvalue weighted by Crippen LogP contribution is 2.52. The second kappa shape index (κ2) is 14.0. The van der Waals surface area contributed by atoms with E-state index in [4.69, 9.17) is 14.7 Å². The number of para-hydroxylation sites is 4. The quantitative estimate of drug-likeness (QED) is 0.174. The van der Waals surface area contributed by atoms with E-state index in [2.05, 4.69) is 216 Å². The molecular weight excluding hydrogens is 769 g/mol. The zero-order valence-corrected chi connectivity index (χ0v) is 34.0. The van der Waals surface area contributed by atoms with Gasteiger partial charge < -0.3 is 14.2 Å². The number of fused-ring (bicyclic) bond motifs is 9. The normalized spacial score (nSPS) is 12.2. The monoisotopic (exact) mass is 804 g/mol.